The van der Waals surface area contributed by atoms with Crippen molar-refractivity contribution in [3.8, 4) is 0 Å². The fourth-order valence-electron chi connectivity index (χ4n) is 3.46. The number of piperidine rings is 1. The van der Waals surface area contributed by atoms with Gasteiger partial charge in [0, 0.05) is 25.0 Å². The lowest BCUT2D eigenvalue weighted by Crippen LogP contribution is -2.48. The Morgan fingerprint density at radius 2 is 1.82 bits per heavy atom. The van der Waals surface area contributed by atoms with E-state index in [0.717, 1.165) is 19.3 Å². The van der Waals surface area contributed by atoms with Crippen molar-refractivity contribution in [2.24, 2.45) is 17.6 Å². The molecule has 1 aliphatic carbocycles. The smallest absolute Gasteiger partial charge is 0.353 e. The van der Waals surface area contributed by atoms with E-state index in [4.69, 9.17) is 5.73 Å². The van der Waals surface area contributed by atoms with Crippen molar-refractivity contribution in [1.82, 2.24) is 10.2 Å². The number of hydrogen-bond donors (Lipinski definition) is 2. The predicted octanol–water partition coefficient (Wildman–Crippen LogP) is 1.93. The molecule has 0 spiro atoms. The number of rotatable bonds is 4. The quantitative estimate of drug-likeness (QED) is 0.820. The lowest BCUT2D eigenvalue weighted by molar-refractivity contribution is -0.148. The van der Waals surface area contributed by atoms with E-state index < -0.39 is 12.7 Å². The third-order valence-electron chi connectivity index (χ3n) is 4.64. The minimum absolute atomic E-state index is 0. The molecule has 2 fully saturated rings. The predicted molar refractivity (Wildman–Crippen MR) is 80.8 cm³/mol. The molecule has 22 heavy (non-hydrogen) atoms. The first-order valence-corrected chi connectivity index (χ1v) is 7.68. The number of carbonyl (C=O) groups excluding carboxylic acids is 1. The van der Waals surface area contributed by atoms with Crippen LogP contribution in [0.3, 0.4) is 0 Å². The average molecular weight is 344 g/mol. The Balaban J connectivity index is 0.00000242. The summed E-state index contributed by atoms with van der Waals surface area (Å²) in [7, 11) is 0. The standard InChI is InChI=1S/C14H24F3N3O.ClH/c15-14(16,17)9-20-6-4-11(5-7-20)19-13(21)12-3-1-2-10(12)8-18;/h10-12H,1-9,18H2,(H,19,21);1H/t10-,12-;/m1./s1. The van der Waals surface area contributed by atoms with Crippen LogP contribution in [0, 0.1) is 11.8 Å². The minimum Gasteiger partial charge on any atom is -0.353 e. The summed E-state index contributed by atoms with van der Waals surface area (Å²) in [5.74, 6) is 0.288. The maximum Gasteiger partial charge on any atom is 0.401 e. The normalized spacial score (nSPS) is 27.5. The first-order valence-electron chi connectivity index (χ1n) is 7.68. The maximum absolute atomic E-state index is 12.3. The fourth-order valence-corrected chi connectivity index (χ4v) is 3.46. The topological polar surface area (TPSA) is 58.4 Å². The van der Waals surface area contributed by atoms with E-state index in [1.54, 1.807) is 0 Å². The zero-order valence-corrected chi connectivity index (χ0v) is 13.4. The van der Waals surface area contributed by atoms with Gasteiger partial charge in [-0.05, 0) is 38.1 Å². The summed E-state index contributed by atoms with van der Waals surface area (Å²) in [5.41, 5.74) is 5.68. The van der Waals surface area contributed by atoms with E-state index >= 15 is 0 Å². The lowest BCUT2D eigenvalue weighted by atomic mass is 9.94. The molecule has 8 heteroatoms. The molecule has 1 heterocycles. The Morgan fingerprint density at radius 1 is 1.18 bits per heavy atom. The molecule has 1 amide bonds. The molecule has 0 unspecified atom stereocenters. The van der Waals surface area contributed by atoms with Gasteiger partial charge in [-0.1, -0.05) is 6.42 Å². The van der Waals surface area contributed by atoms with Crippen LogP contribution in [-0.2, 0) is 4.79 Å². The van der Waals surface area contributed by atoms with Crippen LogP contribution in [0.1, 0.15) is 32.1 Å². The van der Waals surface area contributed by atoms with Crippen LogP contribution < -0.4 is 11.1 Å². The number of hydrogen-bond acceptors (Lipinski definition) is 3. The second kappa shape index (κ2) is 8.36. The first kappa shape index (κ1) is 19.5. The van der Waals surface area contributed by atoms with Crippen molar-refractivity contribution in [2.75, 3.05) is 26.2 Å². The van der Waals surface area contributed by atoms with Gasteiger partial charge < -0.3 is 11.1 Å². The van der Waals surface area contributed by atoms with Gasteiger partial charge in [-0.15, -0.1) is 12.4 Å². The van der Waals surface area contributed by atoms with Gasteiger partial charge in [0.2, 0.25) is 5.91 Å². The summed E-state index contributed by atoms with van der Waals surface area (Å²) in [5, 5.41) is 3.01. The van der Waals surface area contributed by atoms with Crippen LogP contribution in [0.2, 0.25) is 0 Å². The highest BCUT2D eigenvalue weighted by Gasteiger charge is 2.35. The number of carbonyl (C=O) groups is 1. The van der Waals surface area contributed by atoms with Crippen LogP contribution in [-0.4, -0.2) is 49.2 Å². The van der Waals surface area contributed by atoms with Gasteiger partial charge in [-0.25, -0.2) is 0 Å². The summed E-state index contributed by atoms with van der Waals surface area (Å²) in [6, 6.07) is 0.000933. The van der Waals surface area contributed by atoms with Gasteiger partial charge in [-0.3, -0.25) is 9.69 Å². The van der Waals surface area contributed by atoms with Gasteiger partial charge in [-0.2, -0.15) is 13.2 Å². The maximum atomic E-state index is 12.3. The molecule has 1 saturated carbocycles. The van der Waals surface area contributed by atoms with Crippen molar-refractivity contribution in [1.29, 1.82) is 0 Å². The zero-order valence-electron chi connectivity index (χ0n) is 12.6. The second-order valence-corrected chi connectivity index (χ2v) is 6.21. The van der Waals surface area contributed by atoms with E-state index in [0.29, 0.717) is 32.5 Å². The van der Waals surface area contributed by atoms with Crippen molar-refractivity contribution in [2.45, 2.75) is 44.3 Å². The van der Waals surface area contributed by atoms with E-state index in [1.807, 2.05) is 0 Å². The van der Waals surface area contributed by atoms with Crippen LogP contribution in [0.15, 0.2) is 0 Å². The number of likely N-dealkylation sites (tertiary alicyclic amines) is 1. The van der Waals surface area contributed by atoms with Crippen LogP contribution in [0.4, 0.5) is 13.2 Å². The Hall–Kier alpha value is -0.530. The highest BCUT2D eigenvalue weighted by Crippen LogP contribution is 2.31. The molecule has 2 atom stereocenters. The molecular formula is C14H25ClF3N3O. The van der Waals surface area contributed by atoms with Crippen LogP contribution in [0.25, 0.3) is 0 Å². The molecule has 2 rings (SSSR count). The molecule has 4 nitrogen and oxygen atoms in total. The second-order valence-electron chi connectivity index (χ2n) is 6.21. The van der Waals surface area contributed by atoms with Gasteiger partial charge in [0.25, 0.3) is 0 Å². The van der Waals surface area contributed by atoms with Gasteiger partial charge >= 0.3 is 6.18 Å². The Bertz CT molecular complexity index is 360. The molecular weight excluding hydrogens is 319 g/mol. The van der Waals surface area contributed by atoms with E-state index in [1.165, 1.54) is 4.90 Å². The highest BCUT2D eigenvalue weighted by atomic mass is 35.5. The van der Waals surface area contributed by atoms with Crippen molar-refractivity contribution >= 4 is 18.3 Å². The average Bonchev–Trinajstić information content (AvgIpc) is 2.87. The summed E-state index contributed by atoms with van der Waals surface area (Å²) in [6.07, 6.45) is -0.0683. The third kappa shape index (κ3) is 5.59. The van der Waals surface area contributed by atoms with Crippen molar-refractivity contribution in [3.05, 3.63) is 0 Å². The Kier molecular flexibility index (Phi) is 7.41. The summed E-state index contributed by atoms with van der Waals surface area (Å²) >= 11 is 0. The molecule has 0 bridgehead atoms. The molecule has 0 radical (unpaired) electrons. The third-order valence-corrected chi connectivity index (χ3v) is 4.64. The number of nitrogens with zero attached hydrogens (tertiary/aromatic N) is 1. The summed E-state index contributed by atoms with van der Waals surface area (Å²) in [4.78, 5) is 13.6. The molecule has 3 N–H and O–H groups in total. The zero-order chi connectivity index (χ0) is 15.5. The van der Waals surface area contributed by atoms with Crippen LogP contribution >= 0.6 is 12.4 Å². The Morgan fingerprint density at radius 3 is 2.36 bits per heavy atom. The van der Waals surface area contributed by atoms with Gasteiger partial charge in [0.05, 0.1) is 6.54 Å². The molecule has 0 aromatic carbocycles. The highest BCUT2D eigenvalue weighted by molar-refractivity contribution is 5.85. The summed E-state index contributed by atoms with van der Waals surface area (Å²) < 4.78 is 36.9. The Labute approximate surface area is 135 Å². The molecule has 1 aliphatic heterocycles. The van der Waals surface area contributed by atoms with E-state index in [2.05, 4.69) is 5.32 Å². The van der Waals surface area contributed by atoms with Gasteiger partial charge in [0.1, 0.15) is 0 Å². The van der Waals surface area contributed by atoms with Crippen LogP contribution in [0.5, 0.6) is 0 Å². The molecule has 0 aromatic rings. The number of nitrogens with two attached hydrogens (primary N) is 1. The lowest BCUT2D eigenvalue weighted by Gasteiger charge is -2.33. The molecule has 0 aromatic heterocycles. The van der Waals surface area contributed by atoms with Gasteiger partial charge in [0.15, 0.2) is 0 Å². The molecule has 130 valence electrons. The number of nitrogens with one attached hydrogen (secondary N) is 1. The first-order chi connectivity index (χ1) is 9.89. The molecule has 2 aliphatic rings. The largest absolute Gasteiger partial charge is 0.401 e. The fraction of sp³-hybridized carbons (Fsp3) is 0.929. The van der Waals surface area contributed by atoms with E-state index in [-0.39, 0.29) is 36.2 Å². The molecule has 1 saturated heterocycles. The number of halogens is 4. The number of alkyl halides is 3. The SMILES string of the molecule is Cl.NC[C@H]1CCC[C@H]1C(=O)NC1CCN(CC(F)(F)F)CC1. The van der Waals surface area contributed by atoms with E-state index in [9.17, 15) is 18.0 Å². The monoisotopic (exact) mass is 343 g/mol. The van der Waals surface area contributed by atoms with Crippen molar-refractivity contribution in [3.63, 3.8) is 0 Å². The minimum atomic E-state index is -4.14. The number of amides is 1. The summed E-state index contributed by atoms with van der Waals surface area (Å²) in [6.45, 7) is 0.443. The van der Waals surface area contributed by atoms with Crippen molar-refractivity contribution < 1.29 is 18.0 Å².